The molecule has 1 rings (SSSR count). The molecule has 2 N–H and O–H groups in total. The number of halogens is 1. The summed E-state index contributed by atoms with van der Waals surface area (Å²) >= 11 is 2.99. The second kappa shape index (κ2) is 4.93. The summed E-state index contributed by atoms with van der Waals surface area (Å²) in [5, 5.41) is 10.7. The molecule has 1 aromatic rings. The molecule has 0 heterocycles. The molecule has 0 bridgehead atoms. The Morgan fingerprint density at radius 3 is 2.75 bits per heavy atom. The predicted molar refractivity (Wildman–Crippen MR) is 61.2 cm³/mol. The number of hydrogen-bond donors (Lipinski definition) is 1. The van der Waals surface area contributed by atoms with Gasteiger partial charge < -0.3 is 10.5 Å². The van der Waals surface area contributed by atoms with Crippen LogP contribution >= 0.6 is 15.9 Å². The summed E-state index contributed by atoms with van der Waals surface area (Å²) in [6.45, 7) is 1.83. The second-order valence-electron chi connectivity index (χ2n) is 2.88. The van der Waals surface area contributed by atoms with E-state index in [9.17, 15) is 14.9 Å². The summed E-state index contributed by atoms with van der Waals surface area (Å²) < 4.78 is 4.83. The zero-order chi connectivity index (χ0) is 12.3. The molecule has 0 spiro atoms. The molecule has 0 aromatic heterocycles. The van der Waals surface area contributed by atoms with E-state index < -0.39 is 10.9 Å². The smallest absolute Gasteiger partial charge is 0.339 e. The normalized spacial score (nSPS) is 9.88. The summed E-state index contributed by atoms with van der Waals surface area (Å²) in [7, 11) is 0. The summed E-state index contributed by atoms with van der Waals surface area (Å²) in [4.78, 5) is 21.5. The van der Waals surface area contributed by atoms with Crippen molar-refractivity contribution in [1.82, 2.24) is 0 Å². The zero-order valence-electron chi connectivity index (χ0n) is 8.40. The van der Waals surface area contributed by atoms with Crippen LogP contribution in [-0.2, 0) is 4.74 Å². The van der Waals surface area contributed by atoms with E-state index in [4.69, 9.17) is 10.5 Å². The van der Waals surface area contributed by atoms with Crippen molar-refractivity contribution in [2.24, 2.45) is 0 Å². The SMILES string of the molecule is CCOC(=O)c1cc(N)cc([N+](=O)[O-])c1Br. The average molecular weight is 289 g/mol. The Morgan fingerprint density at radius 2 is 2.25 bits per heavy atom. The number of nitro benzene ring substituents is 1. The lowest BCUT2D eigenvalue weighted by Crippen LogP contribution is -2.07. The van der Waals surface area contributed by atoms with Gasteiger partial charge in [0.1, 0.15) is 4.47 Å². The Bertz CT molecular complexity index is 447. The van der Waals surface area contributed by atoms with E-state index in [1.165, 1.54) is 12.1 Å². The zero-order valence-corrected chi connectivity index (χ0v) is 9.98. The lowest BCUT2D eigenvalue weighted by Gasteiger charge is -2.05. The van der Waals surface area contributed by atoms with Gasteiger partial charge in [0.25, 0.3) is 5.69 Å². The Labute approximate surface area is 99.7 Å². The molecule has 7 heteroatoms. The third kappa shape index (κ3) is 2.48. The van der Waals surface area contributed by atoms with Crippen molar-refractivity contribution < 1.29 is 14.5 Å². The molecule has 86 valence electrons. The largest absolute Gasteiger partial charge is 0.462 e. The number of carbonyl (C=O) groups excluding carboxylic acids is 1. The first kappa shape index (κ1) is 12.4. The van der Waals surface area contributed by atoms with Crippen LogP contribution in [0.5, 0.6) is 0 Å². The molecule has 0 saturated heterocycles. The topological polar surface area (TPSA) is 95.5 Å². The fraction of sp³-hybridized carbons (Fsp3) is 0.222. The maximum Gasteiger partial charge on any atom is 0.339 e. The van der Waals surface area contributed by atoms with Crippen LogP contribution in [0.2, 0.25) is 0 Å². The van der Waals surface area contributed by atoms with Gasteiger partial charge in [0, 0.05) is 11.8 Å². The molecule has 0 amide bonds. The minimum absolute atomic E-state index is 0.0496. The second-order valence-corrected chi connectivity index (χ2v) is 3.67. The monoisotopic (exact) mass is 288 g/mol. The van der Waals surface area contributed by atoms with Crippen molar-refractivity contribution in [1.29, 1.82) is 0 Å². The number of nitrogens with zero attached hydrogens (tertiary/aromatic N) is 1. The van der Waals surface area contributed by atoms with Crippen LogP contribution in [0.3, 0.4) is 0 Å². The van der Waals surface area contributed by atoms with E-state index in [0.29, 0.717) is 0 Å². The summed E-state index contributed by atoms with van der Waals surface area (Å²) in [6.07, 6.45) is 0. The highest BCUT2D eigenvalue weighted by Crippen LogP contribution is 2.31. The fourth-order valence-electron chi connectivity index (χ4n) is 1.12. The van der Waals surface area contributed by atoms with Crippen molar-refractivity contribution in [3.05, 3.63) is 32.3 Å². The number of anilines is 1. The molecule has 0 atom stereocenters. The quantitative estimate of drug-likeness (QED) is 0.398. The van der Waals surface area contributed by atoms with E-state index in [1.54, 1.807) is 6.92 Å². The minimum Gasteiger partial charge on any atom is -0.462 e. The first-order chi connectivity index (χ1) is 7.47. The molecule has 0 saturated carbocycles. The molecule has 0 unspecified atom stereocenters. The first-order valence-electron chi connectivity index (χ1n) is 4.38. The van der Waals surface area contributed by atoms with Crippen LogP contribution in [-0.4, -0.2) is 17.5 Å². The Morgan fingerprint density at radius 1 is 1.62 bits per heavy atom. The standard InChI is InChI=1S/C9H9BrN2O4/c1-2-16-9(13)6-3-5(11)4-7(8(6)10)12(14)15/h3-4H,2,11H2,1H3. The lowest BCUT2D eigenvalue weighted by molar-refractivity contribution is -0.385. The first-order valence-corrected chi connectivity index (χ1v) is 5.17. The number of nitro groups is 1. The number of nitrogens with two attached hydrogens (primary N) is 1. The molecule has 0 aliphatic heterocycles. The molecular weight excluding hydrogens is 280 g/mol. The van der Waals surface area contributed by atoms with Gasteiger partial charge in [-0.2, -0.15) is 0 Å². The highest BCUT2D eigenvalue weighted by Gasteiger charge is 2.21. The molecular formula is C9H9BrN2O4. The Hall–Kier alpha value is -1.63. The lowest BCUT2D eigenvalue weighted by atomic mass is 10.2. The highest BCUT2D eigenvalue weighted by atomic mass is 79.9. The van der Waals surface area contributed by atoms with E-state index >= 15 is 0 Å². The van der Waals surface area contributed by atoms with Crippen LogP contribution in [0.4, 0.5) is 11.4 Å². The van der Waals surface area contributed by atoms with Crippen molar-refractivity contribution >= 4 is 33.3 Å². The van der Waals surface area contributed by atoms with Crippen molar-refractivity contribution in [3.8, 4) is 0 Å². The number of hydrogen-bond acceptors (Lipinski definition) is 5. The summed E-state index contributed by atoms with van der Waals surface area (Å²) in [5.41, 5.74) is 5.39. The average Bonchev–Trinajstić information content (AvgIpc) is 2.20. The van der Waals surface area contributed by atoms with E-state index in [0.717, 1.165) is 0 Å². The maximum atomic E-state index is 11.5. The van der Waals surface area contributed by atoms with Gasteiger partial charge in [-0.05, 0) is 28.9 Å². The number of benzene rings is 1. The van der Waals surface area contributed by atoms with Crippen LogP contribution in [0.1, 0.15) is 17.3 Å². The van der Waals surface area contributed by atoms with Crippen molar-refractivity contribution in [2.45, 2.75) is 6.92 Å². The van der Waals surface area contributed by atoms with Crippen LogP contribution in [0.15, 0.2) is 16.6 Å². The fourth-order valence-corrected chi connectivity index (χ4v) is 1.66. The number of carbonyl (C=O) groups is 1. The van der Waals surface area contributed by atoms with Crippen molar-refractivity contribution in [2.75, 3.05) is 12.3 Å². The number of esters is 1. The van der Waals surface area contributed by atoms with Gasteiger partial charge in [-0.25, -0.2) is 4.79 Å². The van der Waals surface area contributed by atoms with Gasteiger partial charge in [-0.3, -0.25) is 10.1 Å². The van der Waals surface area contributed by atoms with Crippen LogP contribution in [0, 0.1) is 10.1 Å². The Kier molecular flexibility index (Phi) is 3.83. The van der Waals surface area contributed by atoms with Gasteiger partial charge in [0.2, 0.25) is 0 Å². The number of ether oxygens (including phenoxy) is 1. The van der Waals surface area contributed by atoms with E-state index in [1.807, 2.05) is 0 Å². The van der Waals surface area contributed by atoms with E-state index in [2.05, 4.69) is 15.9 Å². The molecule has 16 heavy (non-hydrogen) atoms. The highest BCUT2D eigenvalue weighted by molar-refractivity contribution is 9.10. The minimum atomic E-state index is -0.648. The van der Waals surface area contributed by atoms with Gasteiger partial charge in [0.15, 0.2) is 0 Å². The molecule has 0 radical (unpaired) electrons. The van der Waals surface area contributed by atoms with Crippen LogP contribution < -0.4 is 5.73 Å². The van der Waals surface area contributed by atoms with Gasteiger partial charge in [-0.1, -0.05) is 0 Å². The molecule has 1 aromatic carbocycles. The maximum absolute atomic E-state index is 11.5. The Balaban J connectivity index is 3.29. The molecule has 0 aliphatic rings. The summed E-state index contributed by atoms with van der Waals surface area (Å²) in [5.74, 6) is -0.648. The van der Waals surface area contributed by atoms with Gasteiger partial charge >= 0.3 is 5.97 Å². The van der Waals surface area contributed by atoms with Gasteiger partial charge in [0.05, 0.1) is 17.1 Å². The van der Waals surface area contributed by atoms with Gasteiger partial charge in [-0.15, -0.1) is 0 Å². The predicted octanol–water partition coefficient (Wildman–Crippen LogP) is 2.12. The third-order valence-electron chi connectivity index (χ3n) is 1.77. The number of nitrogen functional groups attached to an aromatic ring is 1. The molecule has 0 fully saturated rings. The molecule has 6 nitrogen and oxygen atoms in total. The van der Waals surface area contributed by atoms with E-state index in [-0.39, 0.29) is 28.0 Å². The van der Waals surface area contributed by atoms with Crippen LogP contribution in [0.25, 0.3) is 0 Å². The summed E-state index contributed by atoms with van der Waals surface area (Å²) in [6, 6.07) is 2.50. The van der Waals surface area contributed by atoms with Crippen molar-refractivity contribution in [3.63, 3.8) is 0 Å². The number of rotatable bonds is 3. The molecule has 0 aliphatic carbocycles. The third-order valence-corrected chi connectivity index (χ3v) is 2.60.